The summed E-state index contributed by atoms with van der Waals surface area (Å²) >= 11 is 0. The van der Waals surface area contributed by atoms with E-state index in [1.54, 1.807) is 0 Å². The number of esters is 1. The molecule has 0 aromatic carbocycles. The Morgan fingerprint density at radius 3 is 1.21 bits per heavy atom. The average molecular weight is 1100 g/mol. The van der Waals surface area contributed by atoms with Crippen molar-refractivity contribution >= 4 is 19.7 Å². The Kier molecular flexibility index (Phi) is 54.0. The number of nitrogens with zero attached hydrogens (tertiary/aromatic N) is 1. The van der Waals surface area contributed by atoms with Crippen molar-refractivity contribution in [3.05, 3.63) is 97.2 Å². The van der Waals surface area contributed by atoms with Gasteiger partial charge in [0.2, 0.25) is 5.91 Å². The second-order valence-corrected chi connectivity index (χ2v) is 23.6. The minimum absolute atomic E-state index is 0.0330. The number of hydrogen-bond donors (Lipinski definition) is 1. The molecule has 3 atom stereocenters. The van der Waals surface area contributed by atoms with Gasteiger partial charge in [0, 0.05) is 12.8 Å². The minimum Gasteiger partial charge on any atom is -0.756 e. The Morgan fingerprint density at radius 2 is 0.792 bits per heavy atom. The molecule has 0 aliphatic heterocycles. The van der Waals surface area contributed by atoms with Crippen molar-refractivity contribution in [1.82, 2.24) is 5.32 Å². The molecule has 0 fully saturated rings. The first-order valence-corrected chi connectivity index (χ1v) is 33.0. The van der Waals surface area contributed by atoms with Crippen LogP contribution in [0.5, 0.6) is 0 Å². The molecule has 0 rings (SSSR count). The van der Waals surface area contributed by atoms with E-state index in [9.17, 15) is 19.0 Å². The maximum Gasteiger partial charge on any atom is 0.306 e. The van der Waals surface area contributed by atoms with Crippen molar-refractivity contribution in [2.75, 3.05) is 40.9 Å². The van der Waals surface area contributed by atoms with Gasteiger partial charge in [-0.2, -0.15) is 0 Å². The highest BCUT2D eigenvalue weighted by molar-refractivity contribution is 7.45. The molecule has 0 bridgehead atoms. The number of phosphoric ester groups is 1. The molecule has 10 heteroatoms. The van der Waals surface area contributed by atoms with Crippen LogP contribution in [0.3, 0.4) is 0 Å². The molecule has 0 aliphatic carbocycles. The summed E-state index contributed by atoms with van der Waals surface area (Å²) in [6.45, 7) is 6.75. The van der Waals surface area contributed by atoms with Gasteiger partial charge in [-0.15, -0.1) is 0 Å². The Hall–Kier alpha value is -3.07. The van der Waals surface area contributed by atoms with Gasteiger partial charge in [0.1, 0.15) is 19.3 Å². The summed E-state index contributed by atoms with van der Waals surface area (Å²) in [4.78, 5) is 40.0. The molecule has 0 aliphatic rings. The van der Waals surface area contributed by atoms with Crippen LogP contribution in [0, 0.1) is 0 Å². The van der Waals surface area contributed by atoms with Gasteiger partial charge >= 0.3 is 5.97 Å². The molecule has 3 unspecified atom stereocenters. The van der Waals surface area contributed by atoms with Crippen LogP contribution >= 0.6 is 7.82 Å². The Balaban J connectivity index is 5.28. The highest BCUT2D eigenvalue weighted by Gasteiger charge is 2.27. The Labute approximate surface area is 475 Å². The lowest BCUT2D eigenvalue weighted by Gasteiger charge is -2.30. The summed E-state index contributed by atoms with van der Waals surface area (Å²) in [6.07, 6.45) is 75.1. The van der Waals surface area contributed by atoms with Gasteiger partial charge in [-0.05, 0) is 115 Å². The van der Waals surface area contributed by atoms with Gasteiger partial charge in [-0.25, -0.2) is 0 Å². The molecule has 1 N–H and O–H groups in total. The van der Waals surface area contributed by atoms with Crippen LogP contribution < -0.4 is 10.2 Å². The molecule has 0 aromatic rings. The molecule has 444 valence electrons. The van der Waals surface area contributed by atoms with Crippen molar-refractivity contribution in [1.29, 1.82) is 0 Å². The van der Waals surface area contributed by atoms with Crippen LogP contribution in [0.2, 0.25) is 0 Å². The molecule has 0 saturated heterocycles. The zero-order chi connectivity index (χ0) is 56.4. The second kappa shape index (κ2) is 56.2. The maximum absolute atomic E-state index is 13.5. The fourth-order valence-electron chi connectivity index (χ4n) is 8.57. The molecule has 77 heavy (non-hydrogen) atoms. The quantitative estimate of drug-likeness (QED) is 0.0212. The number of nitrogens with one attached hydrogen (secondary N) is 1. The van der Waals surface area contributed by atoms with E-state index in [1.165, 1.54) is 96.3 Å². The first kappa shape index (κ1) is 73.9. The highest BCUT2D eigenvalue weighted by atomic mass is 31.2. The van der Waals surface area contributed by atoms with Gasteiger partial charge < -0.3 is 28.5 Å². The van der Waals surface area contributed by atoms with Crippen LogP contribution in [0.15, 0.2) is 97.2 Å². The number of rotatable bonds is 56. The number of ether oxygens (including phenoxy) is 1. The third-order valence-corrected chi connectivity index (χ3v) is 14.5. The van der Waals surface area contributed by atoms with E-state index < -0.39 is 26.6 Å². The van der Waals surface area contributed by atoms with E-state index in [4.69, 9.17) is 13.8 Å². The average Bonchev–Trinajstić information content (AvgIpc) is 3.39. The summed E-state index contributed by atoms with van der Waals surface area (Å²) in [5, 5.41) is 3.02. The van der Waals surface area contributed by atoms with E-state index in [0.717, 1.165) is 128 Å². The Bertz CT molecular complexity index is 1640. The zero-order valence-electron chi connectivity index (χ0n) is 50.6. The van der Waals surface area contributed by atoms with Gasteiger partial charge in [0.25, 0.3) is 7.82 Å². The number of phosphoric acid groups is 1. The summed E-state index contributed by atoms with van der Waals surface area (Å²) in [5.74, 6) is -0.580. The number of amides is 1. The predicted octanol–water partition coefficient (Wildman–Crippen LogP) is 18.9. The van der Waals surface area contributed by atoms with Crippen molar-refractivity contribution < 1.29 is 37.3 Å². The lowest BCUT2D eigenvalue weighted by Crippen LogP contribution is -2.47. The van der Waals surface area contributed by atoms with Crippen LogP contribution in [0.25, 0.3) is 0 Å². The number of hydrogen-bond acceptors (Lipinski definition) is 7. The molecular weight excluding hydrogens is 976 g/mol. The van der Waals surface area contributed by atoms with E-state index >= 15 is 0 Å². The molecule has 0 radical (unpaired) electrons. The predicted molar refractivity (Wildman–Crippen MR) is 330 cm³/mol. The molecule has 0 aromatic heterocycles. The number of unbranched alkanes of at least 4 members (excludes halogenated alkanes) is 26. The van der Waals surface area contributed by atoms with Crippen molar-refractivity contribution in [2.45, 2.75) is 277 Å². The van der Waals surface area contributed by atoms with Crippen LogP contribution in [-0.2, 0) is 27.9 Å². The number of quaternary nitrogens is 1. The first-order chi connectivity index (χ1) is 37.4. The van der Waals surface area contributed by atoms with E-state index in [1.807, 2.05) is 33.3 Å². The SMILES string of the molecule is CCCCC/C=C\C/C=C\C/C=C\C/C=C\CCCCCCCC(=O)OC(/C=C/CCCCCCCCCCC)C(COP(=O)([O-])OCC[N+](C)(C)C)NC(=O)CCCCCCCC/C=C\C/C=C\C/C=C\CCCCC. The number of allylic oxidation sites excluding steroid dienone is 15. The summed E-state index contributed by atoms with van der Waals surface area (Å²) < 4.78 is 30.3. The van der Waals surface area contributed by atoms with E-state index in [0.29, 0.717) is 23.9 Å². The lowest BCUT2D eigenvalue weighted by atomic mass is 10.1. The van der Waals surface area contributed by atoms with Crippen LogP contribution in [0.4, 0.5) is 0 Å². The first-order valence-electron chi connectivity index (χ1n) is 31.5. The third-order valence-electron chi connectivity index (χ3n) is 13.5. The minimum atomic E-state index is -4.71. The third kappa shape index (κ3) is 57.4. The summed E-state index contributed by atoms with van der Waals surface area (Å²) in [5.41, 5.74) is 0. The Morgan fingerprint density at radius 1 is 0.455 bits per heavy atom. The molecular formula is C67H119N2O7P. The largest absolute Gasteiger partial charge is 0.756 e. The van der Waals surface area contributed by atoms with Gasteiger partial charge in [-0.1, -0.05) is 234 Å². The fourth-order valence-corrected chi connectivity index (χ4v) is 9.29. The number of likely N-dealkylation sites (N-methyl/N-ethyl adjacent to an activating group) is 1. The molecule has 0 heterocycles. The summed E-state index contributed by atoms with van der Waals surface area (Å²) in [6, 6.07) is -0.909. The fraction of sp³-hybridized carbons (Fsp3) is 0.731. The lowest BCUT2D eigenvalue weighted by molar-refractivity contribution is -0.870. The van der Waals surface area contributed by atoms with Crippen LogP contribution in [-0.4, -0.2) is 69.4 Å². The molecule has 9 nitrogen and oxygen atoms in total. The highest BCUT2D eigenvalue weighted by Crippen LogP contribution is 2.38. The van der Waals surface area contributed by atoms with Gasteiger partial charge in [0.05, 0.1) is 33.8 Å². The van der Waals surface area contributed by atoms with Crippen molar-refractivity contribution in [2.24, 2.45) is 0 Å². The zero-order valence-corrected chi connectivity index (χ0v) is 51.5. The van der Waals surface area contributed by atoms with E-state index in [2.05, 4.69) is 111 Å². The van der Waals surface area contributed by atoms with E-state index in [-0.39, 0.29) is 24.9 Å². The topological polar surface area (TPSA) is 114 Å². The summed E-state index contributed by atoms with van der Waals surface area (Å²) in [7, 11) is 1.15. The standard InChI is InChI=1S/C67H119N2O7P/c1-7-10-13-16-19-22-25-27-29-31-33-34-36-38-40-42-45-48-51-54-57-60-67(71)76-65(58-55-52-49-46-43-24-21-18-15-12-9-3)64(63-75-77(72,73)74-62-61-69(4,5)6)68-66(70)59-56-53-50-47-44-41-39-37-35-32-30-28-26-23-20-17-14-11-8-2/h19-20,22-23,27-30,33-35,37-38,40,55,58,64-65H,7-18,21,24-26,31-32,36,39,41-54,56-57,59-63H2,1-6H3,(H-,68,70,72,73)/b22-19-,23-20-,29-27-,30-28-,34-33-,37-35-,40-38-,58-55+. The normalized spacial score (nSPS) is 14.3. The van der Waals surface area contributed by atoms with Crippen LogP contribution in [0.1, 0.15) is 265 Å². The van der Waals surface area contributed by atoms with Crippen molar-refractivity contribution in [3.8, 4) is 0 Å². The van der Waals surface area contributed by atoms with Crippen molar-refractivity contribution in [3.63, 3.8) is 0 Å². The maximum atomic E-state index is 13.5. The number of carbonyl (C=O) groups is 2. The van der Waals surface area contributed by atoms with Gasteiger partial charge in [0.15, 0.2) is 0 Å². The second-order valence-electron chi connectivity index (χ2n) is 22.2. The monoisotopic (exact) mass is 1090 g/mol. The smallest absolute Gasteiger partial charge is 0.306 e. The molecule has 1 amide bonds. The number of carbonyl (C=O) groups excluding carboxylic acids is 2. The van der Waals surface area contributed by atoms with Gasteiger partial charge in [-0.3, -0.25) is 14.2 Å². The molecule has 0 saturated carbocycles. The molecule has 0 spiro atoms.